The van der Waals surface area contributed by atoms with Crippen LogP contribution in [0.25, 0.3) is 0 Å². The molecule has 1 saturated heterocycles. The van der Waals surface area contributed by atoms with Crippen molar-refractivity contribution in [1.29, 1.82) is 0 Å². The Balaban J connectivity index is 1.84. The second kappa shape index (κ2) is 8.64. The largest absolute Gasteiger partial charge is 0.467 e. The number of hydrogen-bond donors (Lipinski definition) is 0. The Bertz CT molecular complexity index is 851. The van der Waals surface area contributed by atoms with E-state index in [1.165, 1.54) is 29.1 Å². The fourth-order valence-corrected chi connectivity index (χ4v) is 3.54. The van der Waals surface area contributed by atoms with Crippen LogP contribution in [-0.4, -0.2) is 50.9 Å². The highest BCUT2D eigenvalue weighted by molar-refractivity contribution is 5.87. The van der Waals surface area contributed by atoms with Gasteiger partial charge in [-0.1, -0.05) is 30.3 Å². The van der Waals surface area contributed by atoms with Crippen LogP contribution in [0.2, 0.25) is 0 Å². The molecule has 1 aromatic carbocycles. The lowest BCUT2D eigenvalue weighted by molar-refractivity contribution is -0.389. The maximum absolute atomic E-state index is 13.3. The number of carbonyl (C=O) groups excluding carboxylic acids is 2. The Kier molecular flexibility index (Phi) is 6.03. The third-order valence-electron chi connectivity index (χ3n) is 4.98. The number of hydrogen-bond acceptors (Lipinski definition) is 6. The number of imidazole rings is 1. The van der Waals surface area contributed by atoms with Crippen LogP contribution >= 0.6 is 0 Å². The van der Waals surface area contributed by atoms with Crippen molar-refractivity contribution in [1.82, 2.24) is 14.5 Å². The van der Waals surface area contributed by atoms with E-state index in [1.807, 2.05) is 30.3 Å². The molecule has 0 radical (unpaired) electrons. The van der Waals surface area contributed by atoms with Crippen molar-refractivity contribution in [2.24, 2.45) is 0 Å². The summed E-state index contributed by atoms with van der Waals surface area (Å²) >= 11 is 0. The summed E-state index contributed by atoms with van der Waals surface area (Å²) in [6.45, 7) is 0.456. The van der Waals surface area contributed by atoms with Crippen molar-refractivity contribution in [2.75, 3.05) is 13.7 Å². The summed E-state index contributed by atoms with van der Waals surface area (Å²) in [4.78, 5) is 41.0. The summed E-state index contributed by atoms with van der Waals surface area (Å²) in [6.07, 6.45) is 4.86. The fraction of sp³-hybridized carbons (Fsp3) is 0.421. The number of methoxy groups -OCH3 is 1. The van der Waals surface area contributed by atoms with E-state index < -0.39 is 23.0 Å². The van der Waals surface area contributed by atoms with E-state index in [0.717, 1.165) is 5.56 Å². The van der Waals surface area contributed by atoms with E-state index in [-0.39, 0.29) is 11.7 Å². The zero-order chi connectivity index (χ0) is 20.1. The Hall–Kier alpha value is -3.23. The smallest absolute Gasteiger partial charge is 0.381 e. The number of aromatic nitrogens is 2. The Morgan fingerprint density at radius 1 is 1.36 bits per heavy atom. The first-order valence-electron chi connectivity index (χ1n) is 9.11. The molecule has 9 heteroatoms. The number of amides is 1. The highest BCUT2D eigenvalue weighted by atomic mass is 16.6. The lowest BCUT2D eigenvalue weighted by Gasteiger charge is -2.27. The van der Waals surface area contributed by atoms with E-state index in [1.54, 1.807) is 0 Å². The van der Waals surface area contributed by atoms with Crippen LogP contribution in [0.4, 0.5) is 5.82 Å². The second-order valence-corrected chi connectivity index (χ2v) is 6.69. The van der Waals surface area contributed by atoms with Crippen molar-refractivity contribution in [2.45, 2.75) is 37.8 Å². The number of aryl methyl sites for hydroxylation is 1. The molecule has 2 heterocycles. The minimum atomic E-state index is -0.688. The SMILES string of the molecule is COC(=O)[C@@H]1CCCN1C(=O)C(CCc1ccccc1)n1cnc([N+](=O)[O-])c1. The van der Waals surface area contributed by atoms with Gasteiger partial charge in [-0.2, -0.15) is 0 Å². The van der Waals surface area contributed by atoms with E-state index >= 15 is 0 Å². The Labute approximate surface area is 162 Å². The number of likely N-dealkylation sites (tertiary alicyclic amines) is 1. The molecule has 1 fully saturated rings. The molecule has 148 valence electrons. The van der Waals surface area contributed by atoms with Crippen LogP contribution in [-0.2, 0) is 20.7 Å². The molecular formula is C19H22N4O5. The molecule has 28 heavy (non-hydrogen) atoms. The predicted octanol–water partition coefficient (Wildman–Crippen LogP) is 2.13. The van der Waals surface area contributed by atoms with Gasteiger partial charge in [0.2, 0.25) is 12.2 Å². The minimum Gasteiger partial charge on any atom is -0.467 e. The van der Waals surface area contributed by atoms with Gasteiger partial charge in [0.05, 0.1) is 7.11 Å². The standard InChI is InChI=1S/C19H22N4O5/c1-28-19(25)16-8-5-11-22(16)18(24)15(10-9-14-6-3-2-4-7-14)21-12-17(20-13-21)23(26)27/h2-4,6-7,12-13,15-16H,5,8-11H2,1H3/t15?,16-/m0/s1. The number of nitrogens with zero attached hydrogens (tertiary/aromatic N) is 4. The summed E-state index contributed by atoms with van der Waals surface area (Å²) in [5.74, 6) is -1.01. The number of nitro groups is 1. The maximum atomic E-state index is 13.3. The van der Waals surface area contributed by atoms with Crippen molar-refractivity contribution in [3.63, 3.8) is 0 Å². The molecule has 2 aromatic rings. The van der Waals surface area contributed by atoms with Gasteiger partial charge < -0.3 is 19.8 Å². The monoisotopic (exact) mass is 386 g/mol. The third kappa shape index (κ3) is 4.19. The summed E-state index contributed by atoms with van der Waals surface area (Å²) in [7, 11) is 1.30. The quantitative estimate of drug-likeness (QED) is 0.410. The molecule has 1 unspecified atom stereocenters. The van der Waals surface area contributed by atoms with Crippen LogP contribution in [0, 0.1) is 10.1 Å². The van der Waals surface area contributed by atoms with Crippen LogP contribution < -0.4 is 0 Å². The molecule has 0 bridgehead atoms. The van der Waals surface area contributed by atoms with Crippen LogP contribution in [0.5, 0.6) is 0 Å². The van der Waals surface area contributed by atoms with Gasteiger partial charge in [-0.3, -0.25) is 9.36 Å². The molecule has 2 atom stereocenters. The topological polar surface area (TPSA) is 108 Å². The number of esters is 1. The summed E-state index contributed by atoms with van der Waals surface area (Å²) in [5.41, 5.74) is 1.06. The normalized spacial score (nSPS) is 17.3. The highest BCUT2D eigenvalue weighted by Gasteiger charge is 2.38. The average molecular weight is 386 g/mol. The number of ether oxygens (including phenoxy) is 1. The van der Waals surface area contributed by atoms with Crippen LogP contribution in [0.3, 0.4) is 0 Å². The molecule has 3 rings (SSSR count). The van der Waals surface area contributed by atoms with Crippen molar-refractivity contribution < 1.29 is 19.2 Å². The summed E-state index contributed by atoms with van der Waals surface area (Å²) < 4.78 is 6.29. The number of carbonyl (C=O) groups is 2. The van der Waals surface area contributed by atoms with Gasteiger partial charge in [-0.15, -0.1) is 0 Å². The van der Waals surface area contributed by atoms with Gasteiger partial charge in [-0.25, -0.2) is 4.79 Å². The van der Waals surface area contributed by atoms with E-state index in [9.17, 15) is 19.7 Å². The third-order valence-corrected chi connectivity index (χ3v) is 4.98. The number of benzene rings is 1. The van der Waals surface area contributed by atoms with Gasteiger partial charge in [0.1, 0.15) is 18.3 Å². The molecule has 0 spiro atoms. The second-order valence-electron chi connectivity index (χ2n) is 6.69. The van der Waals surface area contributed by atoms with Crippen LogP contribution in [0.1, 0.15) is 30.9 Å². The van der Waals surface area contributed by atoms with E-state index in [0.29, 0.717) is 32.2 Å². The highest BCUT2D eigenvalue weighted by Crippen LogP contribution is 2.26. The predicted molar refractivity (Wildman–Crippen MR) is 99.4 cm³/mol. The molecule has 1 aliphatic rings. The zero-order valence-electron chi connectivity index (χ0n) is 15.6. The van der Waals surface area contributed by atoms with Crippen molar-refractivity contribution >= 4 is 17.7 Å². The fourth-order valence-electron chi connectivity index (χ4n) is 3.54. The van der Waals surface area contributed by atoms with Gasteiger partial charge in [0.25, 0.3) is 0 Å². The maximum Gasteiger partial charge on any atom is 0.381 e. The van der Waals surface area contributed by atoms with Gasteiger partial charge >= 0.3 is 11.8 Å². The lowest BCUT2D eigenvalue weighted by Crippen LogP contribution is -2.44. The van der Waals surface area contributed by atoms with Crippen LogP contribution in [0.15, 0.2) is 42.9 Å². The van der Waals surface area contributed by atoms with Crippen molar-refractivity contribution in [3.05, 3.63) is 58.5 Å². The van der Waals surface area contributed by atoms with E-state index in [4.69, 9.17) is 4.74 Å². The van der Waals surface area contributed by atoms with Gasteiger partial charge in [0.15, 0.2) is 0 Å². The Morgan fingerprint density at radius 3 is 2.75 bits per heavy atom. The first-order valence-corrected chi connectivity index (χ1v) is 9.11. The summed E-state index contributed by atoms with van der Waals surface area (Å²) in [6, 6.07) is 8.37. The molecule has 1 amide bonds. The molecule has 1 aromatic heterocycles. The number of rotatable bonds is 7. The molecule has 1 aliphatic heterocycles. The van der Waals surface area contributed by atoms with E-state index in [2.05, 4.69) is 4.98 Å². The van der Waals surface area contributed by atoms with Gasteiger partial charge in [-0.05, 0) is 41.2 Å². The zero-order valence-corrected chi connectivity index (χ0v) is 15.6. The Morgan fingerprint density at radius 2 is 2.11 bits per heavy atom. The lowest BCUT2D eigenvalue weighted by atomic mass is 10.0. The first-order chi connectivity index (χ1) is 13.5. The molecule has 9 nitrogen and oxygen atoms in total. The van der Waals surface area contributed by atoms with Gasteiger partial charge in [0, 0.05) is 6.54 Å². The molecule has 0 aliphatic carbocycles. The minimum absolute atomic E-state index is 0.254. The molecule has 0 saturated carbocycles. The average Bonchev–Trinajstić information content (AvgIpc) is 3.38. The molecular weight excluding hydrogens is 364 g/mol. The first kappa shape index (κ1) is 19.5. The summed E-state index contributed by atoms with van der Waals surface area (Å²) in [5, 5.41) is 11.0. The molecule has 0 N–H and O–H groups in total. The van der Waals surface area contributed by atoms with Crippen molar-refractivity contribution in [3.8, 4) is 0 Å².